The van der Waals surface area contributed by atoms with Crippen molar-refractivity contribution in [3.05, 3.63) is 35.7 Å². The van der Waals surface area contributed by atoms with Crippen molar-refractivity contribution in [2.75, 3.05) is 7.11 Å². The lowest BCUT2D eigenvalue weighted by Gasteiger charge is -2.12. The predicted octanol–water partition coefficient (Wildman–Crippen LogP) is 1.92. The molecule has 0 amide bonds. The summed E-state index contributed by atoms with van der Waals surface area (Å²) >= 11 is 0. The van der Waals surface area contributed by atoms with E-state index in [1.165, 1.54) is 5.56 Å². The van der Waals surface area contributed by atoms with E-state index in [2.05, 4.69) is 22.3 Å². The fourth-order valence-corrected chi connectivity index (χ4v) is 2.19. The first-order chi connectivity index (χ1) is 9.24. The second-order valence-electron chi connectivity index (χ2n) is 4.98. The number of rotatable bonds is 5. The second kappa shape index (κ2) is 4.75. The molecule has 1 aliphatic carbocycles. The van der Waals surface area contributed by atoms with E-state index in [-0.39, 0.29) is 12.1 Å². The first-order valence-electron chi connectivity index (χ1n) is 6.42. The van der Waals surface area contributed by atoms with E-state index in [9.17, 15) is 0 Å². The number of aromatic nitrogens is 2. The third-order valence-electron chi connectivity index (χ3n) is 3.62. The van der Waals surface area contributed by atoms with Crippen molar-refractivity contribution in [1.82, 2.24) is 10.1 Å². The molecule has 2 aromatic rings. The Kier molecular flexibility index (Phi) is 3.08. The molecule has 5 nitrogen and oxygen atoms in total. The van der Waals surface area contributed by atoms with Crippen LogP contribution < -0.4 is 5.73 Å². The van der Waals surface area contributed by atoms with Crippen molar-refractivity contribution in [3.63, 3.8) is 0 Å². The minimum absolute atomic E-state index is 0.0837. The minimum atomic E-state index is 0.0837. The Morgan fingerprint density at radius 1 is 1.32 bits per heavy atom. The number of benzene rings is 1. The number of hydrogen-bond acceptors (Lipinski definition) is 5. The summed E-state index contributed by atoms with van der Waals surface area (Å²) in [5.74, 6) is 1.04. The van der Waals surface area contributed by atoms with Crippen molar-refractivity contribution in [1.29, 1.82) is 0 Å². The topological polar surface area (TPSA) is 74.2 Å². The van der Waals surface area contributed by atoms with Crippen molar-refractivity contribution < 1.29 is 9.26 Å². The highest BCUT2D eigenvalue weighted by atomic mass is 16.5. The van der Waals surface area contributed by atoms with Crippen LogP contribution in [-0.4, -0.2) is 22.9 Å². The molecular weight excluding hydrogens is 242 g/mol. The lowest BCUT2D eigenvalue weighted by Crippen LogP contribution is -2.14. The summed E-state index contributed by atoms with van der Waals surface area (Å²) in [4.78, 5) is 4.20. The van der Waals surface area contributed by atoms with Crippen LogP contribution in [-0.2, 0) is 17.7 Å². The standard InChI is InChI=1S/C14H17N3O2/c1-18-14(6-7-14)8-10-2-4-11(5-3-10)13-16-12(9-15)19-17-13/h2-5H,6-9,15H2,1H3. The van der Waals surface area contributed by atoms with Crippen molar-refractivity contribution >= 4 is 0 Å². The average Bonchev–Trinajstić information content (AvgIpc) is 3.06. The average molecular weight is 259 g/mol. The van der Waals surface area contributed by atoms with Crippen LogP contribution in [0.25, 0.3) is 11.4 Å². The molecule has 1 fully saturated rings. The van der Waals surface area contributed by atoms with Gasteiger partial charge in [0.2, 0.25) is 11.7 Å². The van der Waals surface area contributed by atoms with Gasteiger partial charge in [0.25, 0.3) is 0 Å². The smallest absolute Gasteiger partial charge is 0.240 e. The van der Waals surface area contributed by atoms with E-state index in [1.54, 1.807) is 7.11 Å². The fourth-order valence-electron chi connectivity index (χ4n) is 2.19. The molecule has 0 atom stereocenters. The summed E-state index contributed by atoms with van der Waals surface area (Å²) in [5, 5.41) is 3.90. The molecule has 0 bridgehead atoms. The molecule has 0 unspecified atom stereocenters. The summed E-state index contributed by atoms with van der Waals surface area (Å²) in [6.07, 6.45) is 3.26. The number of nitrogens with zero attached hydrogens (tertiary/aromatic N) is 2. The molecule has 1 saturated carbocycles. The Hall–Kier alpha value is -1.72. The lowest BCUT2D eigenvalue weighted by atomic mass is 10.0. The Bertz CT molecular complexity index is 558. The van der Waals surface area contributed by atoms with Gasteiger partial charge in [-0.05, 0) is 18.4 Å². The zero-order chi connectivity index (χ0) is 13.3. The molecule has 0 radical (unpaired) electrons. The maximum absolute atomic E-state index is 5.53. The molecule has 0 aliphatic heterocycles. The van der Waals surface area contributed by atoms with Gasteiger partial charge in [-0.1, -0.05) is 29.4 Å². The Morgan fingerprint density at radius 2 is 2.05 bits per heavy atom. The van der Waals surface area contributed by atoms with Crippen LogP contribution >= 0.6 is 0 Å². The quantitative estimate of drug-likeness (QED) is 0.887. The number of methoxy groups -OCH3 is 1. The Balaban J connectivity index is 1.75. The molecule has 19 heavy (non-hydrogen) atoms. The van der Waals surface area contributed by atoms with Gasteiger partial charge in [-0.3, -0.25) is 0 Å². The van der Waals surface area contributed by atoms with Gasteiger partial charge in [0.1, 0.15) is 0 Å². The normalized spacial score (nSPS) is 16.5. The number of ether oxygens (including phenoxy) is 1. The molecule has 1 aromatic carbocycles. The van der Waals surface area contributed by atoms with Crippen molar-refractivity contribution in [3.8, 4) is 11.4 Å². The van der Waals surface area contributed by atoms with Crippen LogP contribution in [0.2, 0.25) is 0 Å². The van der Waals surface area contributed by atoms with Gasteiger partial charge in [0, 0.05) is 19.1 Å². The summed E-state index contributed by atoms with van der Waals surface area (Å²) in [7, 11) is 1.79. The van der Waals surface area contributed by atoms with Crippen LogP contribution in [0.1, 0.15) is 24.3 Å². The fraction of sp³-hybridized carbons (Fsp3) is 0.429. The number of nitrogens with two attached hydrogens (primary N) is 1. The summed E-state index contributed by atoms with van der Waals surface area (Å²) in [6.45, 7) is 0.265. The monoisotopic (exact) mass is 259 g/mol. The first kappa shape index (κ1) is 12.3. The second-order valence-corrected chi connectivity index (χ2v) is 4.98. The highest BCUT2D eigenvalue weighted by Crippen LogP contribution is 2.41. The van der Waals surface area contributed by atoms with Crippen LogP contribution in [0, 0.1) is 0 Å². The van der Waals surface area contributed by atoms with Crippen LogP contribution in [0.15, 0.2) is 28.8 Å². The number of hydrogen-bond donors (Lipinski definition) is 1. The van der Waals surface area contributed by atoms with Crippen LogP contribution in [0.4, 0.5) is 0 Å². The van der Waals surface area contributed by atoms with Gasteiger partial charge < -0.3 is 15.0 Å². The maximum atomic E-state index is 5.53. The zero-order valence-electron chi connectivity index (χ0n) is 10.9. The highest BCUT2D eigenvalue weighted by molar-refractivity contribution is 5.54. The van der Waals surface area contributed by atoms with Crippen molar-refractivity contribution in [2.24, 2.45) is 5.73 Å². The third kappa shape index (κ3) is 2.52. The van der Waals surface area contributed by atoms with E-state index < -0.39 is 0 Å². The van der Waals surface area contributed by atoms with Crippen molar-refractivity contribution in [2.45, 2.75) is 31.4 Å². The molecular formula is C14H17N3O2. The van der Waals surface area contributed by atoms with E-state index in [1.807, 2.05) is 12.1 Å². The van der Waals surface area contributed by atoms with Gasteiger partial charge in [0.15, 0.2) is 0 Å². The molecule has 1 heterocycles. The predicted molar refractivity (Wildman–Crippen MR) is 70.3 cm³/mol. The Morgan fingerprint density at radius 3 is 2.58 bits per heavy atom. The van der Waals surface area contributed by atoms with E-state index in [4.69, 9.17) is 15.0 Å². The largest absolute Gasteiger partial charge is 0.378 e. The highest BCUT2D eigenvalue weighted by Gasteiger charge is 2.42. The SMILES string of the molecule is COC1(Cc2ccc(-c3noc(CN)n3)cc2)CC1. The molecule has 2 N–H and O–H groups in total. The molecule has 3 rings (SSSR count). The van der Waals surface area contributed by atoms with Gasteiger partial charge in [-0.2, -0.15) is 4.98 Å². The van der Waals surface area contributed by atoms with E-state index in [0.29, 0.717) is 11.7 Å². The molecule has 0 spiro atoms. The van der Waals surface area contributed by atoms with Gasteiger partial charge >= 0.3 is 0 Å². The third-order valence-corrected chi connectivity index (χ3v) is 3.62. The van der Waals surface area contributed by atoms with Gasteiger partial charge in [0.05, 0.1) is 12.1 Å². The Labute approximate surface area is 111 Å². The molecule has 5 heteroatoms. The van der Waals surface area contributed by atoms with E-state index >= 15 is 0 Å². The minimum Gasteiger partial charge on any atom is -0.378 e. The van der Waals surface area contributed by atoms with Gasteiger partial charge in [-0.25, -0.2) is 0 Å². The molecule has 0 saturated heterocycles. The van der Waals surface area contributed by atoms with Gasteiger partial charge in [-0.15, -0.1) is 0 Å². The zero-order valence-corrected chi connectivity index (χ0v) is 10.9. The molecule has 1 aliphatic rings. The summed E-state index contributed by atoms with van der Waals surface area (Å²) in [6, 6.07) is 8.19. The van der Waals surface area contributed by atoms with Crippen LogP contribution in [0.3, 0.4) is 0 Å². The van der Waals surface area contributed by atoms with Crippen LogP contribution in [0.5, 0.6) is 0 Å². The molecule has 1 aromatic heterocycles. The molecule has 100 valence electrons. The first-order valence-corrected chi connectivity index (χ1v) is 6.42. The lowest BCUT2D eigenvalue weighted by molar-refractivity contribution is 0.0807. The summed E-state index contributed by atoms with van der Waals surface area (Å²) < 4.78 is 10.5. The summed E-state index contributed by atoms with van der Waals surface area (Å²) in [5.41, 5.74) is 7.74. The maximum Gasteiger partial charge on any atom is 0.240 e. The van der Waals surface area contributed by atoms with E-state index in [0.717, 1.165) is 24.8 Å².